The first-order valence-corrected chi connectivity index (χ1v) is 6.59. The van der Waals surface area contributed by atoms with Gasteiger partial charge in [-0.1, -0.05) is 12.7 Å². The van der Waals surface area contributed by atoms with Crippen LogP contribution in [0.5, 0.6) is 0 Å². The zero-order valence-corrected chi connectivity index (χ0v) is 13.0. The summed E-state index contributed by atoms with van der Waals surface area (Å²) in [4.78, 5) is 0. The van der Waals surface area contributed by atoms with Crippen molar-refractivity contribution < 1.29 is 74.6 Å². The minimum atomic E-state index is -8.34. The van der Waals surface area contributed by atoms with Gasteiger partial charge < -0.3 is 0 Å². The molecule has 0 aromatic heterocycles. The molecule has 0 fully saturated rings. The third kappa shape index (κ3) is 3.72. The van der Waals surface area contributed by atoms with E-state index in [1.54, 1.807) is 0 Å². The molecule has 0 amide bonds. The monoisotopic (exact) mass is 474 g/mol. The second kappa shape index (κ2) is 7.67. The first-order chi connectivity index (χ1) is 12.5. The number of halogens is 17. The molecule has 0 aliphatic heterocycles. The lowest BCUT2D eigenvalue weighted by atomic mass is 9.88. The van der Waals surface area contributed by atoms with Crippen LogP contribution in [-0.2, 0) is 0 Å². The second-order valence-corrected chi connectivity index (χ2v) is 5.36. The number of hydrogen-bond acceptors (Lipinski definition) is 0. The Balaban J connectivity index is 6.53. The molecule has 0 rings (SSSR count). The fourth-order valence-corrected chi connectivity index (χ4v) is 1.64. The SMILES string of the molecule is C=CC(F)C(F)(F)C(F)(F)C(F)(F)C(F)(F)C(F)(F)C(F)(F)C(F)C(F)C(F)F. The van der Waals surface area contributed by atoms with E-state index in [0.717, 1.165) is 0 Å². The summed E-state index contributed by atoms with van der Waals surface area (Å²) in [5, 5.41) is 0. The molecule has 0 saturated carbocycles. The van der Waals surface area contributed by atoms with Crippen molar-refractivity contribution in [1.29, 1.82) is 0 Å². The van der Waals surface area contributed by atoms with Crippen LogP contribution in [0.25, 0.3) is 0 Å². The van der Waals surface area contributed by atoms with Gasteiger partial charge in [0.25, 0.3) is 6.43 Å². The molecule has 0 saturated heterocycles. The standard InChI is InChI=1S/C12H7F17/c1-2-3(13)7(18,19)9(22,23)11(26,27)12(28,29)10(24,25)8(20,21)5(15)4(14)6(16)17/h2-6H,1H2. The van der Waals surface area contributed by atoms with Gasteiger partial charge in [-0.15, -0.1) is 0 Å². The highest BCUT2D eigenvalue weighted by Crippen LogP contribution is 2.61. The van der Waals surface area contributed by atoms with E-state index in [4.69, 9.17) is 0 Å². The molecule has 29 heavy (non-hydrogen) atoms. The second-order valence-electron chi connectivity index (χ2n) is 5.36. The van der Waals surface area contributed by atoms with E-state index in [-0.39, 0.29) is 0 Å². The Kier molecular flexibility index (Phi) is 7.28. The van der Waals surface area contributed by atoms with Crippen LogP contribution < -0.4 is 0 Å². The molecule has 0 aromatic carbocycles. The number of allylic oxidation sites excluding steroid dienone is 1. The summed E-state index contributed by atoms with van der Waals surface area (Å²) in [6, 6.07) is 0. The fraction of sp³-hybridized carbons (Fsp3) is 0.833. The van der Waals surface area contributed by atoms with Crippen LogP contribution in [0.15, 0.2) is 12.7 Å². The molecular formula is C12H7F17. The van der Waals surface area contributed by atoms with E-state index in [0.29, 0.717) is 0 Å². The average Bonchev–Trinajstić information content (AvgIpc) is 2.58. The molecule has 0 bridgehead atoms. The molecule has 0 nitrogen and oxygen atoms in total. The van der Waals surface area contributed by atoms with Gasteiger partial charge in [0.1, 0.15) is 0 Å². The van der Waals surface area contributed by atoms with Crippen LogP contribution in [-0.4, -0.2) is 60.5 Å². The minimum absolute atomic E-state index is 0.858. The molecule has 3 unspecified atom stereocenters. The van der Waals surface area contributed by atoms with Crippen LogP contribution in [0.3, 0.4) is 0 Å². The normalized spacial score (nSPS) is 18.6. The summed E-state index contributed by atoms with van der Waals surface area (Å²) >= 11 is 0. The van der Waals surface area contributed by atoms with Crippen molar-refractivity contribution in [3.63, 3.8) is 0 Å². The van der Waals surface area contributed by atoms with Gasteiger partial charge in [-0.25, -0.2) is 22.0 Å². The van der Waals surface area contributed by atoms with Crippen LogP contribution in [0.1, 0.15) is 0 Å². The highest BCUT2D eigenvalue weighted by molar-refractivity contribution is 5.15. The zero-order valence-electron chi connectivity index (χ0n) is 13.0. The molecule has 17 heteroatoms. The van der Waals surface area contributed by atoms with E-state index in [1.807, 2.05) is 0 Å². The first-order valence-electron chi connectivity index (χ1n) is 6.59. The van der Waals surface area contributed by atoms with Crippen molar-refractivity contribution in [2.45, 2.75) is 60.5 Å². The Morgan fingerprint density at radius 3 is 1.10 bits per heavy atom. The molecule has 3 atom stereocenters. The van der Waals surface area contributed by atoms with Gasteiger partial charge in [0.15, 0.2) is 12.3 Å². The lowest BCUT2D eigenvalue weighted by molar-refractivity contribution is -0.433. The minimum Gasteiger partial charge on any atom is -0.238 e. The largest absolute Gasteiger partial charge is 0.384 e. The van der Waals surface area contributed by atoms with E-state index >= 15 is 0 Å². The molecule has 0 radical (unpaired) electrons. The highest BCUT2D eigenvalue weighted by atomic mass is 19.4. The van der Waals surface area contributed by atoms with Gasteiger partial charge >= 0.3 is 35.5 Å². The predicted molar refractivity (Wildman–Crippen MR) is 60.6 cm³/mol. The lowest BCUT2D eigenvalue weighted by Crippen LogP contribution is -2.73. The van der Waals surface area contributed by atoms with Gasteiger partial charge in [-0.2, -0.15) is 52.7 Å². The smallest absolute Gasteiger partial charge is 0.238 e. The third-order valence-corrected chi connectivity index (χ3v) is 3.44. The number of alkyl halides is 17. The molecule has 0 N–H and O–H groups in total. The van der Waals surface area contributed by atoms with Crippen LogP contribution in [0.2, 0.25) is 0 Å². The Hall–Kier alpha value is -1.45. The van der Waals surface area contributed by atoms with Crippen molar-refractivity contribution in [2.24, 2.45) is 0 Å². The molecule has 0 aromatic rings. The predicted octanol–water partition coefficient (Wildman–Crippen LogP) is 6.26. The fourth-order valence-electron chi connectivity index (χ4n) is 1.64. The molecule has 0 heterocycles. The molecule has 0 spiro atoms. The quantitative estimate of drug-likeness (QED) is 0.259. The Labute approximate surface area is 149 Å². The molecular weight excluding hydrogens is 467 g/mol. The average molecular weight is 474 g/mol. The Morgan fingerprint density at radius 1 is 0.517 bits per heavy atom. The van der Waals surface area contributed by atoms with Crippen molar-refractivity contribution in [3.05, 3.63) is 12.7 Å². The number of hydrogen-bond donors (Lipinski definition) is 0. The number of rotatable bonds is 10. The summed E-state index contributed by atoms with van der Waals surface area (Å²) in [7, 11) is 0. The van der Waals surface area contributed by atoms with Crippen LogP contribution in [0, 0.1) is 0 Å². The maximum absolute atomic E-state index is 13.3. The maximum Gasteiger partial charge on any atom is 0.384 e. The summed E-state index contributed by atoms with van der Waals surface area (Å²) < 4.78 is 220. The highest BCUT2D eigenvalue weighted by Gasteiger charge is 2.91. The van der Waals surface area contributed by atoms with Crippen molar-refractivity contribution in [2.75, 3.05) is 0 Å². The maximum atomic E-state index is 13.3. The van der Waals surface area contributed by atoms with Crippen LogP contribution >= 0.6 is 0 Å². The van der Waals surface area contributed by atoms with Gasteiger partial charge in [0.2, 0.25) is 6.17 Å². The Bertz CT molecular complexity index is 579. The van der Waals surface area contributed by atoms with Gasteiger partial charge in [-0.3, -0.25) is 0 Å². The molecule has 0 aliphatic carbocycles. The van der Waals surface area contributed by atoms with E-state index < -0.39 is 66.6 Å². The van der Waals surface area contributed by atoms with E-state index in [1.165, 1.54) is 0 Å². The third-order valence-electron chi connectivity index (χ3n) is 3.44. The van der Waals surface area contributed by atoms with Crippen molar-refractivity contribution >= 4 is 0 Å². The van der Waals surface area contributed by atoms with Crippen molar-refractivity contribution in [1.82, 2.24) is 0 Å². The molecule has 174 valence electrons. The van der Waals surface area contributed by atoms with Gasteiger partial charge in [0.05, 0.1) is 0 Å². The van der Waals surface area contributed by atoms with Crippen molar-refractivity contribution in [3.8, 4) is 0 Å². The zero-order chi connectivity index (χ0) is 24.0. The van der Waals surface area contributed by atoms with Gasteiger partial charge in [0, 0.05) is 0 Å². The summed E-state index contributed by atoms with van der Waals surface area (Å²) in [6.45, 7) is 2.08. The summed E-state index contributed by atoms with van der Waals surface area (Å²) in [5.74, 6) is -47.1. The van der Waals surface area contributed by atoms with Crippen LogP contribution in [0.4, 0.5) is 74.6 Å². The first kappa shape index (κ1) is 27.5. The molecule has 0 aliphatic rings. The van der Waals surface area contributed by atoms with E-state index in [9.17, 15) is 74.6 Å². The summed E-state index contributed by atoms with van der Waals surface area (Å²) in [6.07, 6.45) is -21.0. The van der Waals surface area contributed by atoms with Gasteiger partial charge in [-0.05, 0) is 0 Å². The Morgan fingerprint density at radius 2 is 0.828 bits per heavy atom. The summed E-state index contributed by atoms with van der Waals surface area (Å²) in [5.41, 5.74) is 0. The lowest BCUT2D eigenvalue weighted by Gasteiger charge is -2.42. The van der Waals surface area contributed by atoms with E-state index in [2.05, 4.69) is 6.58 Å². The topological polar surface area (TPSA) is 0 Å².